The minimum atomic E-state index is -1.54. The summed E-state index contributed by atoms with van der Waals surface area (Å²) in [5, 5.41) is 17.4. The molecule has 0 atom stereocenters. The highest BCUT2D eigenvalue weighted by Gasteiger charge is 2.02. The number of aliphatic hydroxyl groups is 2. The summed E-state index contributed by atoms with van der Waals surface area (Å²) in [6.45, 7) is 0. The van der Waals surface area contributed by atoms with Crippen LogP contribution in [0.25, 0.3) is 0 Å². The summed E-state index contributed by atoms with van der Waals surface area (Å²) in [7, 11) is 0. The lowest BCUT2D eigenvalue weighted by Crippen LogP contribution is -1.97. The second-order valence-corrected chi connectivity index (χ2v) is 2.15. The Balaban J connectivity index is 2.96. The van der Waals surface area contributed by atoms with Crippen LogP contribution in [0.3, 0.4) is 0 Å². The van der Waals surface area contributed by atoms with Crippen molar-refractivity contribution in [2.45, 2.75) is 6.29 Å². The number of aromatic nitrogens is 1. The van der Waals surface area contributed by atoms with Crippen LogP contribution in [0.1, 0.15) is 12.0 Å². The van der Waals surface area contributed by atoms with Gasteiger partial charge in [-0.2, -0.15) is 0 Å². The zero-order chi connectivity index (χ0) is 7.56. The van der Waals surface area contributed by atoms with E-state index in [0.29, 0.717) is 0 Å². The van der Waals surface area contributed by atoms with Crippen molar-refractivity contribution in [3.05, 3.63) is 29.0 Å². The molecule has 0 aliphatic rings. The van der Waals surface area contributed by atoms with Crippen molar-refractivity contribution in [3.8, 4) is 0 Å². The molecule has 0 saturated carbocycles. The van der Waals surface area contributed by atoms with E-state index in [1.807, 2.05) is 0 Å². The van der Waals surface area contributed by atoms with Crippen LogP contribution < -0.4 is 0 Å². The van der Waals surface area contributed by atoms with E-state index in [9.17, 15) is 0 Å². The monoisotopic (exact) mass is 159 g/mol. The average molecular weight is 160 g/mol. The molecule has 3 nitrogen and oxygen atoms in total. The standard InChI is InChI=1S/C6H6ClNO2/c7-5-3-1-2-4(8-5)6(9)10/h1-3,6,9-10H. The Kier molecular flexibility index (Phi) is 2.21. The molecular weight excluding hydrogens is 154 g/mol. The highest BCUT2D eigenvalue weighted by Crippen LogP contribution is 2.09. The van der Waals surface area contributed by atoms with Crippen LogP contribution in [0.15, 0.2) is 18.2 Å². The fraction of sp³-hybridized carbons (Fsp3) is 0.167. The number of pyridine rings is 1. The van der Waals surface area contributed by atoms with Crippen LogP contribution in [-0.4, -0.2) is 15.2 Å². The molecule has 0 aromatic carbocycles. The van der Waals surface area contributed by atoms with Gasteiger partial charge in [0.15, 0.2) is 6.29 Å². The van der Waals surface area contributed by atoms with Crippen molar-refractivity contribution in [1.82, 2.24) is 4.98 Å². The van der Waals surface area contributed by atoms with Gasteiger partial charge in [-0.3, -0.25) is 0 Å². The zero-order valence-electron chi connectivity index (χ0n) is 5.03. The van der Waals surface area contributed by atoms with Crippen molar-refractivity contribution in [1.29, 1.82) is 0 Å². The molecule has 0 aliphatic heterocycles. The van der Waals surface area contributed by atoms with Crippen molar-refractivity contribution >= 4 is 11.6 Å². The molecule has 1 heterocycles. The van der Waals surface area contributed by atoms with Gasteiger partial charge in [0.05, 0.1) is 5.69 Å². The van der Waals surface area contributed by atoms with Crippen LogP contribution in [0.4, 0.5) is 0 Å². The summed E-state index contributed by atoms with van der Waals surface area (Å²) < 4.78 is 0. The second kappa shape index (κ2) is 2.96. The number of aliphatic hydroxyl groups excluding tert-OH is 1. The first-order chi connectivity index (χ1) is 4.70. The lowest BCUT2D eigenvalue weighted by molar-refractivity contribution is -0.0458. The van der Waals surface area contributed by atoms with Gasteiger partial charge in [0, 0.05) is 0 Å². The molecule has 1 rings (SSSR count). The zero-order valence-corrected chi connectivity index (χ0v) is 5.78. The molecule has 0 amide bonds. The molecule has 0 fully saturated rings. The number of nitrogens with zero attached hydrogens (tertiary/aromatic N) is 1. The smallest absolute Gasteiger partial charge is 0.196 e. The van der Waals surface area contributed by atoms with Gasteiger partial charge in [0.1, 0.15) is 5.15 Å². The molecule has 0 bridgehead atoms. The second-order valence-electron chi connectivity index (χ2n) is 1.76. The van der Waals surface area contributed by atoms with E-state index < -0.39 is 6.29 Å². The number of hydrogen-bond acceptors (Lipinski definition) is 3. The Bertz CT molecular complexity index is 227. The first kappa shape index (κ1) is 7.47. The van der Waals surface area contributed by atoms with Gasteiger partial charge in [-0.15, -0.1) is 0 Å². The Morgan fingerprint density at radius 2 is 2.10 bits per heavy atom. The summed E-state index contributed by atoms with van der Waals surface area (Å²) in [5.41, 5.74) is 0.160. The van der Waals surface area contributed by atoms with Crippen molar-refractivity contribution in [2.75, 3.05) is 0 Å². The predicted molar refractivity (Wildman–Crippen MR) is 36.4 cm³/mol. The Hall–Kier alpha value is -0.640. The molecule has 1 aromatic heterocycles. The van der Waals surface area contributed by atoms with Crippen LogP contribution >= 0.6 is 11.6 Å². The van der Waals surface area contributed by atoms with Gasteiger partial charge in [0.25, 0.3) is 0 Å². The van der Waals surface area contributed by atoms with Crippen molar-refractivity contribution in [3.63, 3.8) is 0 Å². The lowest BCUT2D eigenvalue weighted by Gasteiger charge is -2.00. The molecule has 0 radical (unpaired) electrons. The average Bonchev–Trinajstić information content (AvgIpc) is 1.88. The lowest BCUT2D eigenvalue weighted by atomic mass is 10.3. The fourth-order valence-electron chi connectivity index (χ4n) is 0.568. The van der Waals surface area contributed by atoms with E-state index in [1.165, 1.54) is 6.07 Å². The largest absolute Gasteiger partial charge is 0.363 e. The minimum absolute atomic E-state index is 0.160. The maximum atomic E-state index is 8.58. The molecule has 2 N–H and O–H groups in total. The molecule has 4 heteroatoms. The molecule has 0 spiro atoms. The minimum Gasteiger partial charge on any atom is -0.363 e. The van der Waals surface area contributed by atoms with Gasteiger partial charge in [-0.05, 0) is 12.1 Å². The highest BCUT2D eigenvalue weighted by molar-refractivity contribution is 6.29. The molecule has 1 aromatic rings. The van der Waals surface area contributed by atoms with Gasteiger partial charge >= 0.3 is 0 Å². The maximum absolute atomic E-state index is 8.58. The molecule has 0 saturated heterocycles. The quantitative estimate of drug-likeness (QED) is 0.469. The van der Waals surface area contributed by atoms with Crippen molar-refractivity contribution < 1.29 is 10.2 Å². The van der Waals surface area contributed by atoms with Crippen LogP contribution in [0.5, 0.6) is 0 Å². The third kappa shape index (κ3) is 1.67. The third-order valence-corrected chi connectivity index (χ3v) is 1.21. The van der Waals surface area contributed by atoms with E-state index >= 15 is 0 Å². The van der Waals surface area contributed by atoms with E-state index in [-0.39, 0.29) is 10.8 Å². The molecule has 54 valence electrons. The van der Waals surface area contributed by atoms with Gasteiger partial charge in [0.2, 0.25) is 0 Å². The highest BCUT2D eigenvalue weighted by atomic mass is 35.5. The first-order valence-corrected chi connectivity index (χ1v) is 3.06. The molecular formula is C6H6ClNO2. The van der Waals surface area contributed by atoms with E-state index in [1.54, 1.807) is 12.1 Å². The Labute approximate surface area is 62.9 Å². The molecule has 0 unspecified atom stereocenters. The van der Waals surface area contributed by atoms with Gasteiger partial charge < -0.3 is 10.2 Å². The van der Waals surface area contributed by atoms with Crippen LogP contribution in [-0.2, 0) is 0 Å². The summed E-state index contributed by atoms with van der Waals surface area (Å²) in [5.74, 6) is 0. The first-order valence-electron chi connectivity index (χ1n) is 2.69. The number of rotatable bonds is 1. The predicted octanol–water partition coefficient (Wildman–Crippen LogP) is 0.718. The third-order valence-electron chi connectivity index (χ3n) is 1.00. The molecule has 10 heavy (non-hydrogen) atoms. The SMILES string of the molecule is OC(O)c1cccc(Cl)n1. The Morgan fingerprint density at radius 3 is 2.50 bits per heavy atom. The number of hydrogen-bond donors (Lipinski definition) is 2. The van der Waals surface area contributed by atoms with Crippen molar-refractivity contribution in [2.24, 2.45) is 0 Å². The van der Waals surface area contributed by atoms with E-state index in [4.69, 9.17) is 21.8 Å². The summed E-state index contributed by atoms with van der Waals surface area (Å²) in [6.07, 6.45) is -1.54. The topological polar surface area (TPSA) is 53.4 Å². The molecule has 0 aliphatic carbocycles. The summed E-state index contributed by atoms with van der Waals surface area (Å²) in [6, 6.07) is 4.65. The van der Waals surface area contributed by atoms with E-state index in [0.717, 1.165) is 0 Å². The fourth-order valence-corrected chi connectivity index (χ4v) is 0.738. The van der Waals surface area contributed by atoms with E-state index in [2.05, 4.69) is 4.98 Å². The van der Waals surface area contributed by atoms with Gasteiger partial charge in [-0.25, -0.2) is 4.98 Å². The van der Waals surface area contributed by atoms with Crippen LogP contribution in [0, 0.1) is 0 Å². The van der Waals surface area contributed by atoms with Crippen LogP contribution in [0.2, 0.25) is 5.15 Å². The normalized spacial score (nSPS) is 10.4. The Morgan fingerprint density at radius 1 is 1.40 bits per heavy atom. The number of halogens is 1. The summed E-state index contributed by atoms with van der Waals surface area (Å²) >= 11 is 5.46. The van der Waals surface area contributed by atoms with Gasteiger partial charge in [-0.1, -0.05) is 17.7 Å². The summed E-state index contributed by atoms with van der Waals surface area (Å²) in [4.78, 5) is 3.64. The maximum Gasteiger partial charge on any atom is 0.196 e.